The topological polar surface area (TPSA) is 37.3 Å². The van der Waals surface area contributed by atoms with Crippen LogP contribution in [-0.2, 0) is 4.79 Å². The van der Waals surface area contributed by atoms with Crippen LogP contribution in [0.4, 0.5) is 26.3 Å². The van der Waals surface area contributed by atoms with E-state index >= 15 is 0 Å². The van der Waals surface area contributed by atoms with Crippen LogP contribution < -0.4 is 0 Å². The van der Waals surface area contributed by atoms with Crippen molar-refractivity contribution >= 4 is 11.6 Å². The molecule has 2 unspecified atom stereocenters. The molecule has 0 aliphatic heterocycles. The van der Waals surface area contributed by atoms with Gasteiger partial charge in [-0.1, -0.05) is 20.3 Å². The number of rotatable bonds is 1. The lowest BCUT2D eigenvalue weighted by Gasteiger charge is -2.51. The lowest BCUT2D eigenvalue weighted by Crippen LogP contribution is -2.51. The molecule has 1 N–H and O–H groups in total. The van der Waals surface area contributed by atoms with Gasteiger partial charge in [0.2, 0.25) is 5.82 Å². The summed E-state index contributed by atoms with van der Waals surface area (Å²) < 4.78 is 83.0. The zero-order chi connectivity index (χ0) is 20.3. The summed E-state index contributed by atoms with van der Waals surface area (Å²) in [6.07, 6.45) is 0.514. The van der Waals surface area contributed by atoms with E-state index in [0.29, 0.717) is 19.3 Å². The molecule has 2 nitrogen and oxygen atoms in total. The van der Waals surface area contributed by atoms with Crippen LogP contribution in [0.3, 0.4) is 0 Å². The molecular formula is C19H18F6O2. The zero-order valence-electron chi connectivity index (χ0n) is 14.7. The summed E-state index contributed by atoms with van der Waals surface area (Å²) in [6.45, 7) is 3.17. The molecule has 0 heterocycles. The molecule has 0 aromatic heterocycles. The minimum Gasteiger partial charge on any atom is -0.393 e. The maximum atomic E-state index is 15.0. The molecule has 4 atom stereocenters. The molecule has 8 heteroatoms. The van der Waals surface area contributed by atoms with Crippen molar-refractivity contribution in [2.24, 2.45) is 17.3 Å². The first-order valence-corrected chi connectivity index (χ1v) is 8.65. The summed E-state index contributed by atoms with van der Waals surface area (Å²) >= 11 is 0. The molecule has 27 heavy (non-hydrogen) atoms. The highest BCUT2D eigenvalue weighted by Crippen LogP contribution is 2.54. The molecule has 2 fully saturated rings. The zero-order valence-corrected chi connectivity index (χ0v) is 14.7. The summed E-state index contributed by atoms with van der Waals surface area (Å²) in [5, 5.41) is 10.4. The number of ketones is 1. The van der Waals surface area contributed by atoms with Gasteiger partial charge >= 0.3 is 0 Å². The van der Waals surface area contributed by atoms with Crippen molar-refractivity contribution in [3.05, 3.63) is 40.2 Å². The number of carbonyl (C=O) groups is 1. The number of allylic oxidation sites excluding steroid dienone is 1. The van der Waals surface area contributed by atoms with E-state index in [4.69, 9.17) is 0 Å². The van der Waals surface area contributed by atoms with E-state index < -0.39 is 69.3 Å². The van der Waals surface area contributed by atoms with Crippen LogP contribution in [-0.4, -0.2) is 17.0 Å². The summed E-state index contributed by atoms with van der Waals surface area (Å²) in [4.78, 5) is 12.6. The fourth-order valence-corrected chi connectivity index (χ4v) is 4.57. The number of hydrogen-bond acceptors (Lipinski definition) is 2. The highest BCUT2D eigenvalue weighted by Gasteiger charge is 2.52. The normalized spacial score (nSPS) is 33.1. The van der Waals surface area contributed by atoms with E-state index in [9.17, 15) is 36.2 Å². The first-order valence-electron chi connectivity index (χ1n) is 8.65. The third-order valence-electron chi connectivity index (χ3n) is 6.17. The van der Waals surface area contributed by atoms with Crippen LogP contribution >= 0.6 is 0 Å². The van der Waals surface area contributed by atoms with Crippen molar-refractivity contribution in [3.8, 4) is 0 Å². The molecule has 0 bridgehead atoms. The molecule has 1 aromatic rings. The summed E-state index contributed by atoms with van der Waals surface area (Å²) in [5.74, 6) is -15.1. The third kappa shape index (κ3) is 2.80. The molecule has 3 rings (SSSR count). The second-order valence-electron chi connectivity index (χ2n) is 7.63. The lowest BCUT2D eigenvalue weighted by molar-refractivity contribution is -0.133. The Kier molecular flexibility index (Phi) is 4.91. The van der Waals surface area contributed by atoms with Crippen molar-refractivity contribution in [3.63, 3.8) is 0 Å². The Balaban J connectivity index is 2.20. The van der Waals surface area contributed by atoms with E-state index in [1.807, 2.05) is 0 Å². The van der Waals surface area contributed by atoms with Crippen LogP contribution in [0, 0.1) is 46.3 Å². The van der Waals surface area contributed by atoms with Crippen LogP contribution in [0.25, 0.3) is 5.83 Å². The molecule has 148 valence electrons. The number of aliphatic hydroxyl groups is 1. The monoisotopic (exact) mass is 392 g/mol. The minimum atomic E-state index is -2.40. The molecule has 2 aliphatic carbocycles. The number of fused-ring (bicyclic) bond motifs is 1. The second-order valence-corrected chi connectivity index (χ2v) is 7.63. The van der Waals surface area contributed by atoms with Gasteiger partial charge in [0, 0.05) is 16.9 Å². The second kappa shape index (κ2) is 6.65. The van der Waals surface area contributed by atoms with Gasteiger partial charge in [-0.25, -0.2) is 26.3 Å². The van der Waals surface area contributed by atoms with Crippen molar-refractivity contribution < 1.29 is 36.2 Å². The standard InChI is InChI=1S/C19H18F6O2/c1-7-9-4-3-5-10(26)19(9,2)6-8(18(7)27)12(20)11-13(21)15(23)17(25)16(24)14(11)22/h7,9-10,26H,3-6H2,1-2H3/t7?,9?,10-,19-/m0/s1. The van der Waals surface area contributed by atoms with Gasteiger partial charge in [0.15, 0.2) is 29.1 Å². The van der Waals surface area contributed by atoms with Crippen LogP contribution in [0.2, 0.25) is 0 Å². The Morgan fingerprint density at radius 1 is 1.00 bits per heavy atom. The molecule has 2 aliphatic rings. The van der Waals surface area contributed by atoms with E-state index in [1.165, 1.54) is 6.92 Å². The molecule has 0 amide bonds. The fourth-order valence-electron chi connectivity index (χ4n) is 4.57. The van der Waals surface area contributed by atoms with Gasteiger partial charge in [0.25, 0.3) is 0 Å². The van der Waals surface area contributed by atoms with E-state index in [0.717, 1.165) is 0 Å². The van der Waals surface area contributed by atoms with Gasteiger partial charge in [-0.2, -0.15) is 0 Å². The van der Waals surface area contributed by atoms with Gasteiger partial charge in [0.05, 0.1) is 11.7 Å². The Morgan fingerprint density at radius 2 is 1.52 bits per heavy atom. The van der Waals surface area contributed by atoms with Crippen molar-refractivity contribution in [1.29, 1.82) is 0 Å². The van der Waals surface area contributed by atoms with E-state index in [-0.39, 0.29) is 12.3 Å². The Hall–Kier alpha value is -1.83. The predicted molar refractivity (Wildman–Crippen MR) is 84.5 cm³/mol. The molecule has 2 saturated carbocycles. The van der Waals surface area contributed by atoms with Crippen LogP contribution in [0.1, 0.15) is 45.1 Å². The Labute approximate surface area is 151 Å². The van der Waals surface area contributed by atoms with Crippen molar-refractivity contribution in [2.45, 2.75) is 45.6 Å². The first-order chi connectivity index (χ1) is 12.5. The quantitative estimate of drug-likeness (QED) is 0.321. The molecule has 0 saturated heterocycles. The van der Waals surface area contributed by atoms with Crippen molar-refractivity contribution in [1.82, 2.24) is 0 Å². The van der Waals surface area contributed by atoms with Gasteiger partial charge in [-0.15, -0.1) is 0 Å². The number of benzene rings is 1. The van der Waals surface area contributed by atoms with Gasteiger partial charge in [0.1, 0.15) is 5.83 Å². The number of Topliss-reactive ketones (excluding diaryl/α,β-unsaturated/α-hetero) is 1. The lowest BCUT2D eigenvalue weighted by atomic mass is 9.54. The summed E-state index contributed by atoms with van der Waals surface area (Å²) in [5.41, 5.74) is -3.32. The van der Waals surface area contributed by atoms with Gasteiger partial charge in [-0.05, 0) is 25.2 Å². The third-order valence-corrected chi connectivity index (χ3v) is 6.17. The molecular weight excluding hydrogens is 374 g/mol. The van der Waals surface area contributed by atoms with Gasteiger partial charge < -0.3 is 5.11 Å². The van der Waals surface area contributed by atoms with Gasteiger partial charge in [-0.3, -0.25) is 4.79 Å². The number of halogens is 6. The van der Waals surface area contributed by atoms with E-state index in [2.05, 4.69) is 0 Å². The maximum Gasteiger partial charge on any atom is 0.200 e. The van der Waals surface area contributed by atoms with Crippen molar-refractivity contribution in [2.75, 3.05) is 0 Å². The minimum absolute atomic E-state index is 0.262. The molecule has 0 radical (unpaired) electrons. The fraction of sp³-hybridized carbons (Fsp3) is 0.526. The highest BCUT2D eigenvalue weighted by atomic mass is 19.2. The number of aliphatic hydroxyl groups excluding tert-OH is 1. The average Bonchev–Trinajstić information content (AvgIpc) is 2.63. The number of carbonyl (C=O) groups excluding carboxylic acids is 1. The summed E-state index contributed by atoms with van der Waals surface area (Å²) in [6, 6.07) is 0. The predicted octanol–water partition coefficient (Wildman–Crippen LogP) is 4.84. The Bertz CT molecular complexity index is 820. The van der Waals surface area contributed by atoms with Crippen LogP contribution in [0.5, 0.6) is 0 Å². The number of hydrogen-bond donors (Lipinski definition) is 1. The van der Waals surface area contributed by atoms with Crippen LogP contribution in [0.15, 0.2) is 5.57 Å². The van der Waals surface area contributed by atoms with E-state index in [1.54, 1.807) is 6.92 Å². The molecule has 0 spiro atoms. The maximum absolute atomic E-state index is 15.0. The largest absolute Gasteiger partial charge is 0.393 e. The highest BCUT2D eigenvalue weighted by molar-refractivity contribution is 6.03. The SMILES string of the molecule is CC1C(=O)C(=C(F)c2c(F)c(F)c(F)c(F)c2F)C[C@@]2(C)C1CCC[C@@H]2O. The summed E-state index contributed by atoms with van der Waals surface area (Å²) in [7, 11) is 0. The molecule has 1 aromatic carbocycles. The first kappa shape index (κ1) is 19.9. The average molecular weight is 392 g/mol. The Morgan fingerprint density at radius 3 is 2.07 bits per heavy atom. The smallest absolute Gasteiger partial charge is 0.200 e.